The molecule has 0 atom stereocenters. The zero-order chi connectivity index (χ0) is 13.8. The first kappa shape index (κ1) is 12.7. The number of anilines is 2. The standard InChI is InChI=1S/C13H13N3O3/c14-11-7-10(5-6-12(11)16(18)19)15-8-9-3-1-2-4-13(9)17/h1-7,15,17H,8,14H2. The molecule has 0 saturated carbocycles. The van der Waals surface area contributed by atoms with E-state index in [9.17, 15) is 15.2 Å². The van der Waals surface area contributed by atoms with E-state index in [4.69, 9.17) is 5.73 Å². The molecule has 0 aliphatic rings. The third-order valence-corrected chi connectivity index (χ3v) is 2.70. The second-order valence-corrected chi connectivity index (χ2v) is 4.01. The predicted octanol–water partition coefficient (Wildman–Crippen LogP) is 2.49. The maximum atomic E-state index is 10.6. The summed E-state index contributed by atoms with van der Waals surface area (Å²) in [5.74, 6) is 0.199. The topological polar surface area (TPSA) is 101 Å². The molecule has 6 nitrogen and oxygen atoms in total. The zero-order valence-electron chi connectivity index (χ0n) is 10.0. The van der Waals surface area contributed by atoms with E-state index in [2.05, 4.69) is 5.32 Å². The van der Waals surface area contributed by atoms with Crippen molar-refractivity contribution < 1.29 is 10.0 Å². The Balaban J connectivity index is 2.11. The Hall–Kier alpha value is -2.76. The first-order valence-corrected chi connectivity index (χ1v) is 5.62. The fourth-order valence-electron chi connectivity index (χ4n) is 1.69. The average Bonchev–Trinajstić information content (AvgIpc) is 2.37. The van der Waals surface area contributed by atoms with Crippen molar-refractivity contribution in [1.82, 2.24) is 0 Å². The number of hydrogen-bond acceptors (Lipinski definition) is 5. The van der Waals surface area contributed by atoms with Gasteiger partial charge in [0.15, 0.2) is 0 Å². The van der Waals surface area contributed by atoms with Crippen LogP contribution in [0.4, 0.5) is 17.1 Å². The van der Waals surface area contributed by atoms with Crippen LogP contribution in [0.1, 0.15) is 5.56 Å². The number of phenolic OH excluding ortho intramolecular Hbond substituents is 1. The van der Waals surface area contributed by atoms with Gasteiger partial charge in [0.25, 0.3) is 5.69 Å². The highest BCUT2D eigenvalue weighted by atomic mass is 16.6. The van der Waals surface area contributed by atoms with Gasteiger partial charge in [0.1, 0.15) is 11.4 Å². The fourth-order valence-corrected chi connectivity index (χ4v) is 1.69. The van der Waals surface area contributed by atoms with Gasteiger partial charge in [0, 0.05) is 23.9 Å². The lowest BCUT2D eigenvalue weighted by Crippen LogP contribution is -2.01. The van der Waals surface area contributed by atoms with Gasteiger partial charge in [0.05, 0.1) is 4.92 Å². The van der Waals surface area contributed by atoms with Crippen LogP contribution in [0.25, 0.3) is 0 Å². The lowest BCUT2D eigenvalue weighted by Gasteiger charge is -2.08. The number of hydrogen-bond donors (Lipinski definition) is 3. The Kier molecular flexibility index (Phi) is 3.51. The van der Waals surface area contributed by atoms with Gasteiger partial charge in [-0.05, 0) is 18.2 Å². The van der Waals surface area contributed by atoms with Gasteiger partial charge >= 0.3 is 0 Å². The highest BCUT2D eigenvalue weighted by molar-refractivity contribution is 5.65. The first-order chi connectivity index (χ1) is 9.08. The lowest BCUT2D eigenvalue weighted by molar-refractivity contribution is -0.383. The van der Waals surface area contributed by atoms with Crippen molar-refractivity contribution in [3.05, 3.63) is 58.1 Å². The average molecular weight is 259 g/mol. The molecule has 0 radical (unpaired) electrons. The van der Waals surface area contributed by atoms with Gasteiger partial charge in [-0.15, -0.1) is 0 Å². The van der Waals surface area contributed by atoms with Gasteiger partial charge in [-0.25, -0.2) is 0 Å². The van der Waals surface area contributed by atoms with E-state index < -0.39 is 4.92 Å². The number of para-hydroxylation sites is 1. The molecule has 0 fully saturated rings. The molecule has 0 heterocycles. The largest absolute Gasteiger partial charge is 0.508 e. The molecule has 4 N–H and O–H groups in total. The van der Waals surface area contributed by atoms with Gasteiger partial charge in [0.2, 0.25) is 0 Å². The van der Waals surface area contributed by atoms with Gasteiger partial charge < -0.3 is 16.2 Å². The molecule has 0 saturated heterocycles. The van der Waals surface area contributed by atoms with Gasteiger partial charge in [-0.3, -0.25) is 10.1 Å². The number of phenols is 1. The van der Waals surface area contributed by atoms with Crippen molar-refractivity contribution in [2.75, 3.05) is 11.1 Å². The van der Waals surface area contributed by atoms with E-state index in [-0.39, 0.29) is 17.1 Å². The van der Waals surface area contributed by atoms with Crippen LogP contribution in [0.15, 0.2) is 42.5 Å². The highest BCUT2D eigenvalue weighted by Crippen LogP contribution is 2.25. The van der Waals surface area contributed by atoms with Crippen molar-refractivity contribution in [3.8, 4) is 5.75 Å². The normalized spacial score (nSPS) is 10.1. The maximum Gasteiger partial charge on any atom is 0.292 e. The number of benzene rings is 2. The number of nitrogens with one attached hydrogen (secondary N) is 1. The van der Waals surface area contributed by atoms with E-state index in [1.807, 2.05) is 6.07 Å². The summed E-state index contributed by atoms with van der Waals surface area (Å²) in [5, 5.41) is 23.3. The molecule has 2 aromatic rings. The first-order valence-electron chi connectivity index (χ1n) is 5.62. The highest BCUT2D eigenvalue weighted by Gasteiger charge is 2.11. The monoisotopic (exact) mass is 259 g/mol. The fraction of sp³-hybridized carbons (Fsp3) is 0.0769. The molecule has 0 aliphatic carbocycles. The molecule has 6 heteroatoms. The molecule has 0 spiro atoms. The number of nitro groups is 1. The van der Waals surface area contributed by atoms with Crippen LogP contribution in [-0.4, -0.2) is 10.0 Å². The SMILES string of the molecule is Nc1cc(NCc2ccccc2O)ccc1[N+](=O)[O-]. The van der Waals surface area contributed by atoms with E-state index in [0.29, 0.717) is 12.2 Å². The van der Waals surface area contributed by atoms with Crippen molar-refractivity contribution in [2.24, 2.45) is 0 Å². The molecule has 2 aromatic carbocycles. The van der Waals surface area contributed by atoms with Crippen LogP contribution < -0.4 is 11.1 Å². The quantitative estimate of drug-likeness (QED) is 0.445. The molecule has 0 amide bonds. The number of nitrogens with zero attached hydrogens (tertiary/aromatic N) is 1. The molecule has 0 unspecified atom stereocenters. The van der Waals surface area contributed by atoms with E-state index in [1.54, 1.807) is 24.3 Å². The Labute approximate surface area is 109 Å². The minimum Gasteiger partial charge on any atom is -0.508 e. The van der Waals surface area contributed by atoms with Crippen molar-refractivity contribution >= 4 is 17.1 Å². The summed E-state index contributed by atoms with van der Waals surface area (Å²) < 4.78 is 0. The lowest BCUT2D eigenvalue weighted by atomic mass is 10.2. The van der Waals surface area contributed by atoms with Gasteiger partial charge in [-0.2, -0.15) is 0 Å². The zero-order valence-corrected chi connectivity index (χ0v) is 10.0. The summed E-state index contributed by atoms with van der Waals surface area (Å²) in [6, 6.07) is 11.4. The maximum absolute atomic E-state index is 10.6. The Bertz CT molecular complexity index is 614. The van der Waals surface area contributed by atoms with Crippen LogP contribution in [0.5, 0.6) is 5.75 Å². The third kappa shape index (κ3) is 2.92. The Morgan fingerprint density at radius 2 is 2.00 bits per heavy atom. The number of nitrogens with two attached hydrogens (primary N) is 1. The summed E-state index contributed by atoms with van der Waals surface area (Å²) in [6.45, 7) is 0.407. The summed E-state index contributed by atoms with van der Waals surface area (Å²) >= 11 is 0. The molecule has 0 bridgehead atoms. The smallest absolute Gasteiger partial charge is 0.292 e. The molecule has 0 aliphatic heterocycles. The van der Waals surface area contributed by atoms with E-state index in [0.717, 1.165) is 5.56 Å². The predicted molar refractivity (Wildman–Crippen MR) is 72.9 cm³/mol. The molecule has 2 rings (SSSR count). The Morgan fingerprint density at radius 1 is 1.26 bits per heavy atom. The van der Waals surface area contributed by atoms with Crippen molar-refractivity contribution in [1.29, 1.82) is 0 Å². The van der Waals surface area contributed by atoms with Crippen LogP contribution in [0.3, 0.4) is 0 Å². The second kappa shape index (κ2) is 5.26. The summed E-state index contributed by atoms with van der Waals surface area (Å²) in [6.07, 6.45) is 0. The third-order valence-electron chi connectivity index (χ3n) is 2.70. The van der Waals surface area contributed by atoms with Gasteiger partial charge in [-0.1, -0.05) is 18.2 Å². The van der Waals surface area contributed by atoms with Crippen LogP contribution in [-0.2, 0) is 6.54 Å². The summed E-state index contributed by atoms with van der Waals surface area (Å²) in [4.78, 5) is 10.1. The summed E-state index contributed by atoms with van der Waals surface area (Å²) in [7, 11) is 0. The number of rotatable bonds is 4. The minimum atomic E-state index is -0.526. The summed E-state index contributed by atoms with van der Waals surface area (Å²) in [5.41, 5.74) is 6.97. The van der Waals surface area contributed by atoms with Crippen LogP contribution in [0.2, 0.25) is 0 Å². The molecule has 98 valence electrons. The number of nitrogen functional groups attached to an aromatic ring is 1. The van der Waals surface area contributed by atoms with Crippen LogP contribution >= 0.6 is 0 Å². The van der Waals surface area contributed by atoms with Crippen LogP contribution in [0, 0.1) is 10.1 Å². The molecular formula is C13H13N3O3. The number of aromatic hydroxyl groups is 1. The van der Waals surface area contributed by atoms with Crippen molar-refractivity contribution in [3.63, 3.8) is 0 Å². The minimum absolute atomic E-state index is 0.104. The molecular weight excluding hydrogens is 246 g/mol. The van der Waals surface area contributed by atoms with E-state index in [1.165, 1.54) is 12.1 Å². The van der Waals surface area contributed by atoms with Crippen molar-refractivity contribution in [2.45, 2.75) is 6.54 Å². The second-order valence-electron chi connectivity index (χ2n) is 4.01. The molecule has 19 heavy (non-hydrogen) atoms. The molecule has 0 aromatic heterocycles. The van der Waals surface area contributed by atoms with E-state index >= 15 is 0 Å². The number of nitro benzene ring substituents is 1. The Morgan fingerprint density at radius 3 is 2.63 bits per heavy atom.